The first kappa shape index (κ1) is 13.0. The van der Waals surface area contributed by atoms with E-state index in [1.54, 1.807) is 0 Å². The van der Waals surface area contributed by atoms with E-state index in [0.717, 1.165) is 11.8 Å². The number of hydrogen-bond donors (Lipinski definition) is 0. The van der Waals surface area contributed by atoms with Crippen molar-refractivity contribution >= 4 is 0 Å². The summed E-state index contributed by atoms with van der Waals surface area (Å²) >= 11 is 0. The van der Waals surface area contributed by atoms with Gasteiger partial charge in [-0.1, -0.05) is 60.8 Å². The van der Waals surface area contributed by atoms with Crippen molar-refractivity contribution in [2.24, 2.45) is 17.3 Å². The van der Waals surface area contributed by atoms with Crippen LogP contribution in [0.2, 0.25) is 0 Å². The van der Waals surface area contributed by atoms with Crippen molar-refractivity contribution in [1.82, 2.24) is 0 Å². The molecule has 0 radical (unpaired) electrons. The molecule has 0 heteroatoms. The Bertz CT molecular complexity index is 116. The third kappa shape index (κ3) is 3.00. The Morgan fingerprint density at radius 3 is 1.54 bits per heavy atom. The molecule has 0 aromatic rings. The summed E-state index contributed by atoms with van der Waals surface area (Å²) in [6.07, 6.45) is 5.35. The molecule has 0 nitrogen and oxygen atoms in total. The molecule has 0 fully saturated rings. The van der Waals surface area contributed by atoms with Crippen LogP contribution >= 0.6 is 0 Å². The molecule has 0 aromatic heterocycles. The van der Waals surface area contributed by atoms with Gasteiger partial charge in [-0.3, -0.25) is 0 Å². The van der Waals surface area contributed by atoms with Gasteiger partial charge in [-0.15, -0.1) is 0 Å². The van der Waals surface area contributed by atoms with Crippen molar-refractivity contribution in [3.8, 4) is 0 Å². The van der Waals surface area contributed by atoms with Crippen molar-refractivity contribution in [1.29, 1.82) is 0 Å². The standard InChI is InChI=1S/C13H28/c1-7-10-13(6,11(4)8-2)12(5)9-3/h11-12H,7-10H2,1-6H3. The molecule has 0 saturated heterocycles. The lowest BCUT2D eigenvalue weighted by Gasteiger charge is -2.40. The van der Waals surface area contributed by atoms with Crippen LogP contribution in [0.4, 0.5) is 0 Å². The first-order valence-electron chi connectivity index (χ1n) is 6.02. The third-order valence-corrected chi connectivity index (χ3v) is 4.26. The highest BCUT2D eigenvalue weighted by Gasteiger charge is 2.33. The van der Waals surface area contributed by atoms with E-state index in [-0.39, 0.29) is 0 Å². The zero-order valence-electron chi connectivity index (χ0n) is 10.5. The second-order valence-electron chi connectivity index (χ2n) is 4.87. The summed E-state index contributed by atoms with van der Waals surface area (Å²) in [5, 5.41) is 0. The van der Waals surface area contributed by atoms with E-state index < -0.39 is 0 Å². The maximum absolute atomic E-state index is 2.48. The Hall–Kier alpha value is 0. The maximum atomic E-state index is 2.48. The molecule has 80 valence electrons. The van der Waals surface area contributed by atoms with Gasteiger partial charge < -0.3 is 0 Å². The summed E-state index contributed by atoms with van der Waals surface area (Å²) in [5.74, 6) is 1.73. The molecule has 0 aliphatic rings. The second kappa shape index (κ2) is 5.67. The van der Waals surface area contributed by atoms with E-state index in [9.17, 15) is 0 Å². The Morgan fingerprint density at radius 2 is 1.31 bits per heavy atom. The van der Waals surface area contributed by atoms with Gasteiger partial charge >= 0.3 is 0 Å². The lowest BCUT2D eigenvalue weighted by molar-refractivity contribution is 0.0932. The fourth-order valence-electron chi connectivity index (χ4n) is 2.45. The van der Waals surface area contributed by atoms with Crippen molar-refractivity contribution < 1.29 is 0 Å². The van der Waals surface area contributed by atoms with Crippen LogP contribution in [0.5, 0.6) is 0 Å². The molecule has 0 aromatic carbocycles. The second-order valence-corrected chi connectivity index (χ2v) is 4.87. The van der Waals surface area contributed by atoms with E-state index in [1.165, 1.54) is 25.7 Å². The van der Waals surface area contributed by atoms with Gasteiger partial charge in [0.25, 0.3) is 0 Å². The zero-order chi connectivity index (χ0) is 10.5. The normalized spacial score (nSPS) is 20.8. The molecule has 0 amide bonds. The molecule has 0 saturated carbocycles. The quantitative estimate of drug-likeness (QED) is 0.551. The summed E-state index contributed by atoms with van der Waals surface area (Å²) in [4.78, 5) is 0. The number of hydrogen-bond acceptors (Lipinski definition) is 0. The monoisotopic (exact) mass is 184 g/mol. The predicted molar refractivity (Wildman–Crippen MR) is 61.9 cm³/mol. The molecule has 2 atom stereocenters. The third-order valence-electron chi connectivity index (χ3n) is 4.26. The summed E-state index contributed by atoms with van der Waals surface area (Å²) in [5.41, 5.74) is 0.568. The molecule has 2 unspecified atom stereocenters. The molecule has 0 rings (SSSR count). The molecular weight excluding hydrogens is 156 g/mol. The SMILES string of the molecule is CCCC(C)(C(C)CC)C(C)CC. The van der Waals surface area contributed by atoms with E-state index in [2.05, 4.69) is 41.5 Å². The average molecular weight is 184 g/mol. The van der Waals surface area contributed by atoms with E-state index in [4.69, 9.17) is 0 Å². The van der Waals surface area contributed by atoms with Crippen LogP contribution in [0.3, 0.4) is 0 Å². The molecule has 0 aliphatic carbocycles. The van der Waals surface area contributed by atoms with Crippen LogP contribution in [0.1, 0.15) is 67.2 Å². The first-order chi connectivity index (χ1) is 6.02. The van der Waals surface area contributed by atoms with Gasteiger partial charge in [0, 0.05) is 0 Å². The van der Waals surface area contributed by atoms with Crippen molar-refractivity contribution in [3.05, 3.63) is 0 Å². The highest BCUT2D eigenvalue weighted by atomic mass is 14.4. The summed E-state index contributed by atoms with van der Waals surface area (Å²) in [6, 6.07) is 0. The zero-order valence-corrected chi connectivity index (χ0v) is 10.5. The van der Waals surface area contributed by atoms with E-state index >= 15 is 0 Å². The summed E-state index contributed by atoms with van der Waals surface area (Å²) in [7, 11) is 0. The molecule has 0 aliphatic heterocycles. The molecule has 0 bridgehead atoms. The summed E-state index contributed by atoms with van der Waals surface area (Å²) < 4.78 is 0. The van der Waals surface area contributed by atoms with Gasteiger partial charge in [-0.05, 0) is 23.7 Å². The minimum atomic E-state index is 0.568. The van der Waals surface area contributed by atoms with Gasteiger partial charge in [-0.25, -0.2) is 0 Å². The molecular formula is C13H28. The summed E-state index contributed by atoms with van der Waals surface area (Å²) in [6.45, 7) is 14.3. The Labute approximate surface area is 85.1 Å². The topological polar surface area (TPSA) is 0 Å². The minimum Gasteiger partial charge on any atom is -0.0654 e. The van der Waals surface area contributed by atoms with Gasteiger partial charge in [0.2, 0.25) is 0 Å². The van der Waals surface area contributed by atoms with E-state index in [0.29, 0.717) is 5.41 Å². The highest BCUT2D eigenvalue weighted by molar-refractivity contribution is 4.83. The molecule has 0 spiro atoms. The van der Waals surface area contributed by atoms with Crippen molar-refractivity contribution in [2.45, 2.75) is 67.2 Å². The van der Waals surface area contributed by atoms with Crippen LogP contribution in [-0.4, -0.2) is 0 Å². The van der Waals surface area contributed by atoms with Crippen molar-refractivity contribution in [3.63, 3.8) is 0 Å². The van der Waals surface area contributed by atoms with Crippen LogP contribution in [0, 0.1) is 17.3 Å². The first-order valence-corrected chi connectivity index (χ1v) is 6.02. The largest absolute Gasteiger partial charge is 0.0654 e. The minimum absolute atomic E-state index is 0.568. The van der Waals surface area contributed by atoms with Crippen LogP contribution in [0.15, 0.2) is 0 Å². The molecule has 13 heavy (non-hydrogen) atoms. The number of rotatable bonds is 6. The predicted octanol–water partition coefficient (Wildman–Crippen LogP) is 4.89. The Kier molecular flexibility index (Phi) is 5.67. The van der Waals surface area contributed by atoms with Gasteiger partial charge in [0.1, 0.15) is 0 Å². The van der Waals surface area contributed by atoms with Crippen LogP contribution in [-0.2, 0) is 0 Å². The molecule has 0 N–H and O–H groups in total. The Morgan fingerprint density at radius 1 is 0.923 bits per heavy atom. The fourth-order valence-corrected chi connectivity index (χ4v) is 2.45. The van der Waals surface area contributed by atoms with Crippen LogP contribution in [0.25, 0.3) is 0 Å². The van der Waals surface area contributed by atoms with Crippen molar-refractivity contribution in [2.75, 3.05) is 0 Å². The Balaban J connectivity index is 4.50. The molecule has 0 heterocycles. The fraction of sp³-hybridized carbons (Fsp3) is 1.00. The van der Waals surface area contributed by atoms with Gasteiger partial charge in [-0.2, -0.15) is 0 Å². The van der Waals surface area contributed by atoms with Gasteiger partial charge in [0.05, 0.1) is 0 Å². The highest BCUT2D eigenvalue weighted by Crippen LogP contribution is 2.42. The lowest BCUT2D eigenvalue weighted by atomic mass is 9.65. The van der Waals surface area contributed by atoms with Gasteiger partial charge in [0.15, 0.2) is 0 Å². The average Bonchev–Trinajstić information content (AvgIpc) is 2.15. The lowest BCUT2D eigenvalue weighted by Crippen LogP contribution is -2.32. The smallest absolute Gasteiger partial charge is 0.0275 e. The van der Waals surface area contributed by atoms with Crippen LogP contribution < -0.4 is 0 Å². The maximum Gasteiger partial charge on any atom is -0.0275 e. The van der Waals surface area contributed by atoms with E-state index in [1.807, 2.05) is 0 Å².